The summed E-state index contributed by atoms with van der Waals surface area (Å²) < 4.78 is 18.4. The molecule has 0 bridgehead atoms. The standard InChI is InChI=1S/C13H14ClFO2/c1-13(2,3)17-12(16)11(15)8-9-4-6-10(14)7-5-9/h4-8H,1-3H3/b11-8-. The number of benzene rings is 1. The Kier molecular flexibility index (Phi) is 4.29. The number of halogens is 2. The fourth-order valence-electron chi connectivity index (χ4n) is 1.09. The van der Waals surface area contributed by atoms with Gasteiger partial charge in [-0.2, -0.15) is 4.39 Å². The van der Waals surface area contributed by atoms with Gasteiger partial charge >= 0.3 is 5.97 Å². The molecule has 1 aromatic rings. The zero-order valence-corrected chi connectivity index (χ0v) is 10.7. The highest BCUT2D eigenvalue weighted by Crippen LogP contribution is 2.16. The summed E-state index contributed by atoms with van der Waals surface area (Å²) in [6.45, 7) is 5.04. The Labute approximate surface area is 105 Å². The first-order valence-corrected chi connectivity index (χ1v) is 5.52. The van der Waals surface area contributed by atoms with E-state index in [4.69, 9.17) is 16.3 Å². The second-order valence-corrected chi connectivity index (χ2v) is 4.98. The van der Waals surface area contributed by atoms with Gasteiger partial charge < -0.3 is 4.74 Å². The van der Waals surface area contributed by atoms with Crippen LogP contribution in [0.1, 0.15) is 26.3 Å². The van der Waals surface area contributed by atoms with Gasteiger partial charge in [0.15, 0.2) is 0 Å². The molecule has 17 heavy (non-hydrogen) atoms. The van der Waals surface area contributed by atoms with Crippen LogP contribution in [0.15, 0.2) is 30.1 Å². The maximum absolute atomic E-state index is 13.5. The van der Waals surface area contributed by atoms with Crippen molar-refractivity contribution in [2.75, 3.05) is 0 Å². The zero-order chi connectivity index (χ0) is 13.1. The third-order valence-electron chi connectivity index (χ3n) is 1.76. The molecular formula is C13H14ClFO2. The monoisotopic (exact) mass is 256 g/mol. The SMILES string of the molecule is CC(C)(C)OC(=O)/C(F)=C/c1ccc(Cl)cc1. The molecule has 0 atom stereocenters. The highest BCUT2D eigenvalue weighted by molar-refractivity contribution is 6.30. The van der Waals surface area contributed by atoms with Crippen molar-refractivity contribution in [1.82, 2.24) is 0 Å². The Morgan fingerprint density at radius 3 is 2.29 bits per heavy atom. The molecular weight excluding hydrogens is 243 g/mol. The largest absolute Gasteiger partial charge is 0.455 e. The van der Waals surface area contributed by atoms with Crippen LogP contribution in [0.3, 0.4) is 0 Å². The Bertz CT molecular complexity index is 430. The van der Waals surface area contributed by atoms with Crippen molar-refractivity contribution in [2.45, 2.75) is 26.4 Å². The minimum Gasteiger partial charge on any atom is -0.455 e. The molecule has 0 aromatic heterocycles. The van der Waals surface area contributed by atoms with Crippen LogP contribution in [0.2, 0.25) is 5.02 Å². The van der Waals surface area contributed by atoms with Gasteiger partial charge in [-0.1, -0.05) is 23.7 Å². The van der Waals surface area contributed by atoms with E-state index < -0.39 is 17.4 Å². The van der Waals surface area contributed by atoms with Crippen LogP contribution in [-0.2, 0) is 9.53 Å². The first kappa shape index (κ1) is 13.7. The minimum atomic E-state index is -0.965. The molecule has 0 fully saturated rings. The molecule has 0 aliphatic carbocycles. The number of carbonyl (C=O) groups excluding carboxylic acids is 1. The predicted octanol–water partition coefficient (Wildman–Crippen LogP) is 3.99. The predicted molar refractivity (Wildman–Crippen MR) is 66.4 cm³/mol. The fourth-order valence-corrected chi connectivity index (χ4v) is 1.22. The lowest BCUT2D eigenvalue weighted by molar-refractivity contribution is -0.151. The molecule has 0 saturated carbocycles. The van der Waals surface area contributed by atoms with Gasteiger partial charge in [-0.25, -0.2) is 4.79 Å². The third kappa shape index (κ3) is 5.00. The Morgan fingerprint density at radius 1 is 1.29 bits per heavy atom. The molecule has 0 saturated heterocycles. The van der Waals surface area contributed by atoms with Crippen LogP contribution in [0.4, 0.5) is 4.39 Å². The number of hydrogen-bond donors (Lipinski definition) is 0. The van der Waals surface area contributed by atoms with Crippen molar-refractivity contribution in [3.8, 4) is 0 Å². The Morgan fingerprint density at radius 2 is 1.82 bits per heavy atom. The highest BCUT2D eigenvalue weighted by Gasteiger charge is 2.19. The maximum atomic E-state index is 13.5. The summed E-state index contributed by atoms with van der Waals surface area (Å²) in [7, 11) is 0. The second-order valence-electron chi connectivity index (χ2n) is 4.55. The van der Waals surface area contributed by atoms with Crippen LogP contribution in [0.25, 0.3) is 6.08 Å². The van der Waals surface area contributed by atoms with E-state index in [0.717, 1.165) is 6.08 Å². The third-order valence-corrected chi connectivity index (χ3v) is 2.01. The molecule has 1 aromatic carbocycles. The molecule has 4 heteroatoms. The molecule has 0 aliphatic rings. The normalized spacial score (nSPS) is 12.4. The fraction of sp³-hybridized carbons (Fsp3) is 0.308. The van der Waals surface area contributed by atoms with Crippen LogP contribution in [-0.4, -0.2) is 11.6 Å². The summed E-state index contributed by atoms with van der Waals surface area (Å²) in [4.78, 5) is 11.3. The molecule has 0 N–H and O–H groups in total. The molecule has 0 heterocycles. The van der Waals surface area contributed by atoms with Gasteiger partial charge in [0.25, 0.3) is 0 Å². The second kappa shape index (κ2) is 5.32. The van der Waals surface area contributed by atoms with Gasteiger partial charge in [-0.3, -0.25) is 0 Å². The van der Waals surface area contributed by atoms with E-state index in [2.05, 4.69) is 0 Å². The summed E-state index contributed by atoms with van der Waals surface area (Å²) in [6, 6.07) is 6.48. The average Bonchev–Trinajstić information content (AvgIpc) is 2.19. The molecule has 2 nitrogen and oxygen atoms in total. The summed E-state index contributed by atoms with van der Waals surface area (Å²) in [5.41, 5.74) is -0.153. The van der Waals surface area contributed by atoms with E-state index in [1.165, 1.54) is 0 Å². The van der Waals surface area contributed by atoms with Crippen molar-refractivity contribution < 1.29 is 13.9 Å². The lowest BCUT2D eigenvalue weighted by atomic mass is 10.2. The van der Waals surface area contributed by atoms with Crippen molar-refractivity contribution in [2.24, 2.45) is 0 Å². The van der Waals surface area contributed by atoms with Crippen LogP contribution in [0, 0.1) is 0 Å². The quantitative estimate of drug-likeness (QED) is 0.591. The first-order valence-electron chi connectivity index (χ1n) is 5.14. The van der Waals surface area contributed by atoms with E-state index in [0.29, 0.717) is 10.6 Å². The van der Waals surface area contributed by atoms with E-state index >= 15 is 0 Å². The summed E-state index contributed by atoms with van der Waals surface area (Å²) in [5.74, 6) is -1.89. The van der Waals surface area contributed by atoms with E-state index in [-0.39, 0.29) is 0 Å². The topological polar surface area (TPSA) is 26.3 Å². The smallest absolute Gasteiger partial charge is 0.367 e. The number of rotatable bonds is 2. The van der Waals surface area contributed by atoms with Gasteiger partial charge in [0.1, 0.15) is 5.60 Å². The van der Waals surface area contributed by atoms with Crippen molar-refractivity contribution in [3.63, 3.8) is 0 Å². The molecule has 0 aliphatic heterocycles. The number of ether oxygens (including phenoxy) is 1. The van der Waals surface area contributed by atoms with Crippen LogP contribution >= 0.6 is 11.6 Å². The molecule has 0 radical (unpaired) electrons. The Balaban J connectivity index is 2.79. The average molecular weight is 257 g/mol. The van der Waals surface area contributed by atoms with Gasteiger partial charge in [-0.15, -0.1) is 0 Å². The zero-order valence-electron chi connectivity index (χ0n) is 9.96. The lowest BCUT2D eigenvalue weighted by Gasteiger charge is -2.18. The lowest BCUT2D eigenvalue weighted by Crippen LogP contribution is -2.24. The van der Waals surface area contributed by atoms with Crippen molar-refractivity contribution in [1.29, 1.82) is 0 Å². The Hall–Kier alpha value is -1.35. The molecule has 0 amide bonds. The first-order chi connectivity index (χ1) is 7.78. The van der Waals surface area contributed by atoms with Crippen LogP contribution in [0.5, 0.6) is 0 Å². The van der Waals surface area contributed by atoms with E-state index in [9.17, 15) is 9.18 Å². The van der Waals surface area contributed by atoms with Gasteiger partial charge in [0.05, 0.1) is 0 Å². The number of hydrogen-bond acceptors (Lipinski definition) is 2. The minimum absolute atomic E-state index is 0.553. The summed E-state index contributed by atoms with van der Waals surface area (Å²) in [6.07, 6.45) is 1.12. The van der Waals surface area contributed by atoms with E-state index in [1.807, 2.05) is 0 Å². The molecule has 0 unspecified atom stereocenters. The maximum Gasteiger partial charge on any atom is 0.367 e. The van der Waals surface area contributed by atoms with Crippen LogP contribution < -0.4 is 0 Å². The summed E-state index contributed by atoms with van der Waals surface area (Å²) in [5, 5.41) is 0.555. The summed E-state index contributed by atoms with van der Waals surface area (Å²) >= 11 is 5.69. The number of carbonyl (C=O) groups is 1. The van der Waals surface area contributed by atoms with Crippen molar-refractivity contribution >= 4 is 23.6 Å². The highest BCUT2D eigenvalue weighted by atomic mass is 35.5. The van der Waals surface area contributed by atoms with Gasteiger partial charge in [0.2, 0.25) is 5.83 Å². The van der Waals surface area contributed by atoms with E-state index in [1.54, 1.807) is 45.0 Å². The van der Waals surface area contributed by atoms with Gasteiger partial charge in [0, 0.05) is 5.02 Å². The van der Waals surface area contributed by atoms with Gasteiger partial charge in [-0.05, 0) is 44.5 Å². The molecule has 0 spiro atoms. The number of esters is 1. The molecule has 92 valence electrons. The molecule has 1 rings (SSSR count). The van der Waals surface area contributed by atoms with Crippen molar-refractivity contribution in [3.05, 3.63) is 40.7 Å².